The normalized spacial score (nSPS) is 12.5. The summed E-state index contributed by atoms with van der Waals surface area (Å²) in [5, 5.41) is 11.7. The van der Waals surface area contributed by atoms with Gasteiger partial charge < -0.3 is 21.3 Å². The number of halogens is 3. The second-order valence-electron chi connectivity index (χ2n) is 6.86. The molecule has 0 atom stereocenters. The van der Waals surface area contributed by atoms with Gasteiger partial charge in [-0.1, -0.05) is 0 Å². The second kappa shape index (κ2) is 9.98. The molecule has 0 saturated carbocycles. The minimum absolute atomic E-state index is 0.102. The van der Waals surface area contributed by atoms with E-state index in [0.717, 1.165) is 12.3 Å². The summed E-state index contributed by atoms with van der Waals surface area (Å²) in [5.41, 5.74) is -1.08. The molecule has 1 heterocycles. The number of amides is 1. The van der Waals surface area contributed by atoms with E-state index in [2.05, 4.69) is 31.2 Å². The van der Waals surface area contributed by atoms with Gasteiger partial charge in [0.25, 0.3) is 0 Å². The number of hydrogen-bond acceptors (Lipinski definition) is 4. The predicted octanol–water partition coefficient (Wildman–Crippen LogP) is 1.98. The minimum atomic E-state index is -4.39. The molecule has 1 aromatic heterocycles. The topological polar surface area (TPSA) is 90.4 Å². The summed E-state index contributed by atoms with van der Waals surface area (Å²) >= 11 is 0. The molecule has 1 rings (SSSR count). The number of anilines is 1. The number of aliphatic imine (C=N–C) groups is 1. The van der Waals surface area contributed by atoms with Crippen LogP contribution < -0.4 is 21.3 Å². The van der Waals surface area contributed by atoms with E-state index in [-0.39, 0.29) is 18.0 Å². The number of nitrogens with zero attached hydrogens (tertiary/aromatic N) is 2. The Morgan fingerprint density at radius 2 is 1.85 bits per heavy atom. The summed E-state index contributed by atoms with van der Waals surface area (Å²) in [5.74, 6) is 0.733. The quantitative estimate of drug-likeness (QED) is 0.326. The summed E-state index contributed by atoms with van der Waals surface area (Å²) in [6, 6.07) is 2.28. The SMILES string of the molecule is CN=C(NCCCNc1ccc(C(F)(F)F)cn1)NCC(=O)NC(C)(C)C. The summed E-state index contributed by atoms with van der Waals surface area (Å²) in [6.07, 6.45) is -2.91. The second-order valence-corrected chi connectivity index (χ2v) is 6.86. The molecule has 152 valence electrons. The van der Waals surface area contributed by atoms with Gasteiger partial charge in [0, 0.05) is 31.9 Å². The van der Waals surface area contributed by atoms with Crippen LogP contribution in [0.25, 0.3) is 0 Å². The first-order chi connectivity index (χ1) is 12.5. The first kappa shape index (κ1) is 22.5. The molecular weight excluding hydrogens is 361 g/mol. The lowest BCUT2D eigenvalue weighted by atomic mass is 10.1. The third-order valence-corrected chi connectivity index (χ3v) is 3.20. The van der Waals surface area contributed by atoms with Crippen LogP contribution in [0.5, 0.6) is 0 Å². The van der Waals surface area contributed by atoms with Gasteiger partial charge in [-0.2, -0.15) is 13.2 Å². The first-order valence-electron chi connectivity index (χ1n) is 8.54. The van der Waals surface area contributed by atoms with Gasteiger partial charge >= 0.3 is 6.18 Å². The molecule has 0 spiro atoms. The molecule has 0 aliphatic heterocycles. The number of alkyl halides is 3. The van der Waals surface area contributed by atoms with Crippen molar-refractivity contribution in [2.24, 2.45) is 4.99 Å². The number of rotatable bonds is 7. The summed E-state index contributed by atoms with van der Waals surface area (Å²) in [7, 11) is 1.60. The zero-order valence-electron chi connectivity index (χ0n) is 16.0. The fraction of sp³-hybridized carbons (Fsp3) is 0.588. The van der Waals surface area contributed by atoms with Crippen molar-refractivity contribution < 1.29 is 18.0 Å². The zero-order valence-corrected chi connectivity index (χ0v) is 16.0. The lowest BCUT2D eigenvalue weighted by molar-refractivity contribution is -0.137. The van der Waals surface area contributed by atoms with Gasteiger partial charge in [0.1, 0.15) is 5.82 Å². The third kappa shape index (κ3) is 9.66. The van der Waals surface area contributed by atoms with Crippen molar-refractivity contribution in [2.75, 3.05) is 32.0 Å². The molecule has 0 radical (unpaired) electrons. The average molecular weight is 388 g/mol. The van der Waals surface area contributed by atoms with E-state index in [9.17, 15) is 18.0 Å². The van der Waals surface area contributed by atoms with Crippen LogP contribution in [0.1, 0.15) is 32.8 Å². The molecule has 0 unspecified atom stereocenters. The molecular formula is C17H27F3N6O. The van der Waals surface area contributed by atoms with Gasteiger partial charge in [-0.05, 0) is 39.3 Å². The molecule has 10 heteroatoms. The van der Waals surface area contributed by atoms with Crippen LogP contribution in [0.3, 0.4) is 0 Å². The molecule has 1 aromatic rings. The highest BCUT2D eigenvalue weighted by Crippen LogP contribution is 2.28. The van der Waals surface area contributed by atoms with Gasteiger partial charge in [0.2, 0.25) is 5.91 Å². The molecule has 0 aliphatic carbocycles. The molecule has 0 aromatic carbocycles. The number of carbonyl (C=O) groups is 1. The Balaban J connectivity index is 2.25. The maximum absolute atomic E-state index is 12.5. The molecule has 7 nitrogen and oxygen atoms in total. The van der Waals surface area contributed by atoms with E-state index in [1.807, 2.05) is 20.8 Å². The Kier molecular flexibility index (Phi) is 8.32. The Hall–Kier alpha value is -2.52. The van der Waals surface area contributed by atoms with Gasteiger partial charge in [-0.3, -0.25) is 9.79 Å². The number of hydrogen-bond donors (Lipinski definition) is 4. The fourth-order valence-electron chi connectivity index (χ4n) is 2.02. The lowest BCUT2D eigenvalue weighted by Gasteiger charge is -2.21. The van der Waals surface area contributed by atoms with Crippen molar-refractivity contribution >= 4 is 17.7 Å². The zero-order chi connectivity index (χ0) is 20.5. The summed E-state index contributed by atoms with van der Waals surface area (Å²) in [4.78, 5) is 19.5. The number of nitrogens with one attached hydrogen (secondary N) is 4. The van der Waals surface area contributed by atoms with Crippen LogP contribution in [-0.2, 0) is 11.0 Å². The highest BCUT2D eigenvalue weighted by molar-refractivity contribution is 5.86. The van der Waals surface area contributed by atoms with Crippen molar-refractivity contribution in [3.05, 3.63) is 23.9 Å². The summed E-state index contributed by atoms with van der Waals surface area (Å²) < 4.78 is 37.4. The standard InChI is InChI=1S/C17H27F3N6O/c1-16(2,3)26-14(27)11-25-15(21-4)23-9-5-8-22-13-7-6-12(10-24-13)17(18,19)20/h6-7,10H,5,8-9,11H2,1-4H3,(H,22,24)(H,26,27)(H2,21,23,25). The van der Waals surface area contributed by atoms with Gasteiger partial charge in [0.15, 0.2) is 5.96 Å². The van der Waals surface area contributed by atoms with E-state index >= 15 is 0 Å². The largest absolute Gasteiger partial charge is 0.417 e. The molecule has 1 amide bonds. The van der Waals surface area contributed by atoms with Crippen molar-refractivity contribution in [1.29, 1.82) is 0 Å². The number of pyridine rings is 1. The van der Waals surface area contributed by atoms with Crippen LogP contribution in [-0.4, -0.2) is 49.1 Å². The van der Waals surface area contributed by atoms with Crippen LogP contribution in [0.2, 0.25) is 0 Å². The third-order valence-electron chi connectivity index (χ3n) is 3.20. The van der Waals surface area contributed by atoms with Crippen LogP contribution in [0.4, 0.5) is 19.0 Å². The highest BCUT2D eigenvalue weighted by Gasteiger charge is 2.30. The average Bonchev–Trinajstić information content (AvgIpc) is 2.55. The molecule has 27 heavy (non-hydrogen) atoms. The number of carbonyl (C=O) groups excluding carboxylic acids is 1. The van der Waals surface area contributed by atoms with E-state index in [0.29, 0.717) is 31.3 Å². The van der Waals surface area contributed by atoms with E-state index < -0.39 is 11.7 Å². The Labute approximate surface area is 157 Å². The molecule has 0 aliphatic rings. The highest BCUT2D eigenvalue weighted by atomic mass is 19.4. The van der Waals surface area contributed by atoms with E-state index in [1.54, 1.807) is 7.05 Å². The molecule has 4 N–H and O–H groups in total. The van der Waals surface area contributed by atoms with Crippen molar-refractivity contribution in [1.82, 2.24) is 20.9 Å². The molecule has 0 saturated heterocycles. The van der Waals surface area contributed by atoms with Crippen LogP contribution in [0, 0.1) is 0 Å². The van der Waals surface area contributed by atoms with E-state index in [1.165, 1.54) is 6.07 Å². The smallest absolute Gasteiger partial charge is 0.370 e. The minimum Gasteiger partial charge on any atom is -0.370 e. The Bertz CT molecular complexity index is 623. The molecule has 0 bridgehead atoms. The fourth-order valence-corrected chi connectivity index (χ4v) is 2.02. The van der Waals surface area contributed by atoms with E-state index in [4.69, 9.17) is 0 Å². The van der Waals surface area contributed by atoms with Gasteiger partial charge in [-0.25, -0.2) is 4.98 Å². The van der Waals surface area contributed by atoms with Crippen molar-refractivity contribution in [3.8, 4) is 0 Å². The monoisotopic (exact) mass is 388 g/mol. The summed E-state index contributed by atoms with van der Waals surface area (Å²) in [6.45, 7) is 6.88. The number of guanidine groups is 1. The Morgan fingerprint density at radius 1 is 1.15 bits per heavy atom. The van der Waals surface area contributed by atoms with Gasteiger partial charge in [-0.15, -0.1) is 0 Å². The van der Waals surface area contributed by atoms with Crippen LogP contribution in [0.15, 0.2) is 23.3 Å². The van der Waals surface area contributed by atoms with Crippen LogP contribution >= 0.6 is 0 Å². The number of aromatic nitrogens is 1. The lowest BCUT2D eigenvalue weighted by Crippen LogP contribution is -2.48. The maximum Gasteiger partial charge on any atom is 0.417 e. The first-order valence-corrected chi connectivity index (χ1v) is 8.54. The van der Waals surface area contributed by atoms with Crippen molar-refractivity contribution in [3.63, 3.8) is 0 Å². The predicted molar refractivity (Wildman–Crippen MR) is 99.6 cm³/mol. The molecule has 0 fully saturated rings. The van der Waals surface area contributed by atoms with Crippen molar-refractivity contribution in [2.45, 2.75) is 38.9 Å². The Morgan fingerprint density at radius 3 is 2.37 bits per heavy atom. The maximum atomic E-state index is 12.5. The van der Waals surface area contributed by atoms with Gasteiger partial charge in [0.05, 0.1) is 12.1 Å².